The first-order valence-corrected chi connectivity index (χ1v) is 8.06. The van der Waals surface area contributed by atoms with Crippen LogP contribution in [-0.2, 0) is 4.74 Å². The topological polar surface area (TPSA) is 58.4 Å². The molecule has 3 aliphatic rings. The Kier molecular flexibility index (Phi) is 3.51. The van der Waals surface area contributed by atoms with E-state index in [1.807, 2.05) is 0 Å². The first kappa shape index (κ1) is 14.0. The zero-order valence-electron chi connectivity index (χ0n) is 12.7. The van der Waals surface area contributed by atoms with Crippen LogP contribution >= 0.6 is 0 Å². The second-order valence-corrected chi connectivity index (χ2v) is 7.00. The minimum Gasteiger partial charge on any atom is -0.477 e. The lowest BCUT2D eigenvalue weighted by molar-refractivity contribution is 0.0886. The summed E-state index contributed by atoms with van der Waals surface area (Å²) in [7, 11) is 0. The molecule has 0 amide bonds. The van der Waals surface area contributed by atoms with Crippen molar-refractivity contribution in [3.63, 3.8) is 0 Å². The zero-order chi connectivity index (χ0) is 15.0. The summed E-state index contributed by atoms with van der Waals surface area (Å²) in [5, 5.41) is 8.81. The molecule has 0 aromatic carbocycles. The van der Waals surface area contributed by atoms with Crippen molar-refractivity contribution < 1.29 is 9.47 Å². The third-order valence-corrected chi connectivity index (χ3v) is 5.18. The number of likely N-dealkylation sites (tertiary alicyclic amines) is 1. The Morgan fingerprint density at radius 1 is 1.45 bits per heavy atom. The predicted molar refractivity (Wildman–Crippen MR) is 80.4 cm³/mol. The molecule has 0 bridgehead atoms. The second kappa shape index (κ2) is 5.53. The third kappa shape index (κ3) is 2.69. The summed E-state index contributed by atoms with van der Waals surface area (Å²) in [5.74, 6) is 2.10. The van der Waals surface area contributed by atoms with E-state index in [4.69, 9.17) is 14.7 Å². The van der Waals surface area contributed by atoms with Crippen molar-refractivity contribution in [3.8, 4) is 11.9 Å². The average Bonchev–Trinajstić information content (AvgIpc) is 3.16. The molecule has 3 fully saturated rings. The van der Waals surface area contributed by atoms with Gasteiger partial charge >= 0.3 is 0 Å². The highest BCUT2D eigenvalue weighted by Gasteiger charge is 2.51. The molecular formula is C17H21N3O2. The van der Waals surface area contributed by atoms with Gasteiger partial charge in [-0.15, -0.1) is 0 Å². The molecule has 116 valence electrons. The van der Waals surface area contributed by atoms with Gasteiger partial charge in [-0.3, -0.25) is 0 Å². The van der Waals surface area contributed by atoms with Crippen LogP contribution in [0, 0.1) is 28.6 Å². The Hall–Kier alpha value is -1.64. The van der Waals surface area contributed by atoms with E-state index in [1.165, 1.54) is 19.4 Å². The van der Waals surface area contributed by atoms with E-state index in [0.29, 0.717) is 24.0 Å². The Morgan fingerprint density at radius 2 is 2.36 bits per heavy atom. The van der Waals surface area contributed by atoms with Crippen LogP contribution in [-0.4, -0.2) is 49.3 Å². The molecule has 5 heteroatoms. The summed E-state index contributed by atoms with van der Waals surface area (Å²) < 4.78 is 11.7. The Labute approximate surface area is 130 Å². The molecule has 0 N–H and O–H groups in total. The van der Waals surface area contributed by atoms with Crippen LogP contribution in [0.25, 0.3) is 0 Å². The summed E-state index contributed by atoms with van der Waals surface area (Å²) in [4.78, 5) is 6.80. The number of aromatic nitrogens is 1. The highest BCUT2D eigenvalue weighted by atomic mass is 16.5. The molecule has 1 aromatic rings. The number of nitrogens with zero attached hydrogens (tertiary/aromatic N) is 3. The van der Waals surface area contributed by atoms with Gasteiger partial charge in [0, 0.05) is 43.2 Å². The number of hydrogen-bond donors (Lipinski definition) is 0. The molecule has 0 spiro atoms. The highest BCUT2D eigenvalue weighted by Crippen LogP contribution is 2.43. The fourth-order valence-electron chi connectivity index (χ4n) is 3.70. The third-order valence-electron chi connectivity index (χ3n) is 5.18. The van der Waals surface area contributed by atoms with E-state index in [0.717, 1.165) is 32.2 Å². The first-order valence-electron chi connectivity index (χ1n) is 8.06. The molecule has 4 rings (SSSR count). The molecule has 1 aliphatic carbocycles. The molecular weight excluding hydrogens is 278 g/mol. The number of fused-ring (bicyclic) bond motifs is 1. The second-order valence-electron chi connectivity index (χ2n) is 7.00. The predicted octanol–water partition coefficient (Wildman–Crippen LogP) is 1.69. The minimum absolute atomic E-state index is 0.116. The number of ether oxygens (including phenoxy) is 2. The SMILES string of the molecule is N#Cc1ccc(OC[C@]23COC[C@H]2CN(CC2CC2)C3)nc1. The van der Waals surface area contributed by atoms with Gasteiger partial charge in [0.25, 0.3) is 0 Å². The molecule has 2 saturated heterocycles. The number of rotatable bonds is 5. The van der Waals surface area contributed by atoms with Crippen LogP contribution in [0.5, 0.6) is 5.88 Å². The fraction of sp³-hybridized carbons (Fsp3) is 0.647. The zero-order valence-corrected chi connectivity index (χ0v) is 12.7. The van der Waals surface area contributed by atoms with E-state index < -0.39 is 0 Å². The standard InChI is InChI=1S/C17H21N3O2/c18-5-14-3-4-16(19-6-14)22-12-17-10-20(7-13-1-2-13)8-15(17)9-21-11-17/h3-4,6,13,15H,1-2,7-12H2/t15-,17+/m1/s1. The van der Waals surface area contributed by atoms with Gasteiger partial charge in [-0.1, -0.05) is 0 Å². The summed E-state index contributed by atoms with van der Waals surface area (Å²) in [5.41, 5.74) is 0.675. The van der Waals surface area contributed by atoms with Gasteiger partial charge in [-0.25, -0.2) is 4.98 Å². The molecule has 3 heterocycles. The maximum atomic E-state index is 8.81. The normalized spacial score (nSPS) is 31.0. The number of hydrogen-bond acceptors (Lipinski definition) is 5. The van der Waals surface area contributed by atoms with Crippen LogP contribution in [0.2, 0.25) is 0 Å². The molecule has 2 aliphatic heterocycles. The van der Waals surface area contributed by atoms with Crippen LogP contribution in [0.4, 0.5) is 0 Å². The molecule has 5 nitrogen and oxygen atoms in total. The lowest BCUT2D eigenvalue weighted by Crippen LogP contribution is -2.37. The maximum absolute atomic E-state index is 8.81. The quantitative estimate of drug-likeness (QED) is 0.828. The van der Waals surface area contributed by atoms with E-state index in [1.54, 1.807) is 18.3 Å². The van der Waals surface area contributed by atoms with Crippen LogP contribution < -0.4 is 4.74 Å². The summed E-state index contributed by atoms with van der Waals surface area (Å²) in [6.45, 7) is 5.75. The van der Waals surface area contributed by atoms with Gasteiger partial charge in [0.15, 0.2) is 0 Å². The largest absolute Gasteiger partial charge is 0.477 e. The van der Waals surface area contributed by atoms with E-state index >= 15 is 0 Å². The monoisotopic (exact) mass is 299 g/mol. The van der Waals surface area contributed by atoms with Crippen molar-refractivity contribution in [2.24, 2.45) is 17.3 Å². The van der Waals surface area contributed by atoms with Gasteiger partial charge in [0.05, 0.1) is 25.4 Å². The lowest BCUT2D eigenvalue weighted by Gasteiger charge is -2.27. The van der Waals surface area contributed by atoms with Crippen molar-refractivity contribution >= 4 is 0 Å². The Balaban J connectivity index is 1.40. The summed E-state index contributed by atoms with van der Waals surface area (Å²) >= 11 is 0. The Morgan fingerprint density at radius 3 is 3.09 bits per heavy atom. The van der Waals surface area contributed by atoms with Crippen molar-refractivity contribution in [1.29, 1.82) is 5.26 Å². The maximum Gasteiger partial charge on any atom is 0.213 e. The summed E-state index contributed by atoms with van der Waals surface area (Å²) in [6.07, 6.45) is 4.36. The molecule has 2 atom stereocenters. The average molecular weight is 299 g/mol. The number of pyridine rings is 1. The number of nitriles is 1. The van der Waals surface area contributed by atoms with Gasteiger partial charge < -0.3 is 14.4 Å². The van der Waals surface area contributed by atoms with Gasteiger partial charge in [0.2, 0.25) is 5.88 Å². The molecule has 1 saturated carbocycles. The van der Waals surface area contributed by atoms with Gasteiger partial charge in [-0.05, 0) is 24.8 Å². The van der Waals surface area contributed by atoms with Crippen LogP contribution in [0.15, 0.2) is 18.3 Å². The van der Waals surface area contributed by atoms with E-state index in [9.17, 15) is 0 Å². The van der Waals surface area contributed by atoms with E-state index in [-0.39, 0.29) is 5.41 Å². The molecule has 22 heavy (non-hydrogen) atoms. The Bertz CT molecular complexity index is 579. The van der Waals surface area contributed by atoms with Crippen molar-refractivity contribution in [2.75, 3.05) is 39.5 Å². The molecule has 0 radical (unpaired) electrons. The smallest absolute Gasteiger partial charge is 0.213 e. The molecule has 0 unspecified atom stereocenters. The van der Waals surface area contributed by atoms with Crippen molar-refractivity contribution in [3.05, 3.63) is 23.9 Å². The first-order chi connectivity index (χ1) is 10.8. The van der Waals surface area contributed by atoms with Crippen LogP contribution in [0.1, 0.15) is 18.4 Å². The fourth-order valence-corrected chi connectivity index (χ4v) is 3.70. The molecule has 1 aromatic heterocycles. The van der Waals surface area contributed by atoms with Gasteiger partial charge in [0.1, 0.15) is 6.07 Å². The summed E-state index contributed by atoms with van der Waals surface area (Å²) in [6, 6.07) is 5.59. The highest BCUT2D eigenvalue weighted by molar-refractivity contribution is 5.28. The lowest BCUT2D eigenvalue weighted by atomic mass is 9.82. The minimum atomic E-state index is 0.116. The van der Waals surface area contributed by atoms with Crippen molar-refractivity contribution in [1.82, 2.24) is 9.88 Å². The van der Waals surface area contributed by atoms with Crippen LogP contribution in [0.3, 0.4) is 0 Å². The van der Waals surface area contributed by atoms with Crippen molar-refractivity contribution in [2.45, 2.75) is 12.8 Å². The van der Waals surface area contributed by atoms with Gasteiger partial charge in [-0.2, -0.15) is 5.26 Å². The van der Waals surface area contributed by atoms with E-state index in [2.05, 4.69) is 16.0 Å².